The number of nitrogens with zero attached hydrogens (tertiary/aromatic N) is 8. The van der Waals surface area contributed by atoms with Crippen molar-refractivity contribution < 1.29 is 82.4 Å². The van der Waals surface area contributed by atoms with Crippen LogP contribution in [0.1, 0.15) is 72.3 Å². The normalized spacial score (nSPS) is 11.2. The van der Waals surface area contributed by atoms with E-state index < -0.39 is 0 Å². The Morgan fingerprint density at radius 2 is 0.706 bits per heavy atom. The Balaban J connectivity index is 0.000000165. The zero-order valence-electron chi connectivity index (χ0n) is 62.0. The Labute approximate surface area is 702 Å². The van der Waals surface area contributed by atoms with E-state index in [1.54, 1.807) is 11.8 Å². The van der Waals surface area contributed by atoms with Crippen LogP contribution in [0.2, 0.25) is 0 Å². The number of anilines is 1. The summed E-state index contributed by atoms with van der Waals surface area (Å²) in [5, 5.41) is 9.76. The monoisotopic (exact) mass is 1810 g/mol. The molecule has 15 heteroatoms. The Morgan fingerprint density at radius 3 is 1.12 bits per heavy atom. The number of benzene rings is 12. The number of hydrogen-bond donors (Lipinski definition) is 0. The Kier molecular flexibility index (Phi) is 29.2. The van der Waals surface area contributed by atoms with Crippen molar-refractivity contribution in [2.24, 2.45) is 7.05 Å². The molecule has 0 spiro atoms. The summed E-state index contributed by atoms with van der Waals surface area (Å²) in [6, 6.07) is 91.6. The fourth-order valence-electron chi connectivity index (χ4n) is 13.6. The van der Waals surface area contributed by atoms with E-state index in [4.69, 9.17) is 14.5 Å². The molecule has 0 bridgehead atoms. The van der Waals surface area contributed by atoms with E-state index in [9.17, 15) is 0 Å². The minimum atomic E-state index is 0. The van der Waals surface area contributed by atoms with Gasteiger partial charge in [0.15, 0.2) is 5.82 Å². The van der Waals surface area contributed by atoms with Gasteiger partial charge in [-0.3, -0.25) is 11.8 Å². The Hall–Kier alpha value is -9.66. The topological polar surface area (TPSA) is 98.6 Å². The third-order valence-corrected chi connectivity index (χ3v) is 20.3. The van der Waals surface area contributed by atoms with E-state index in [0.29, 0.717) is 17.5 Å². The van der Waals surface area contributed by atoms with Crippen molar-refractivity contribution in [1.82, 2.24) is 34.3 Å². The Bertz CT molecular complexity index is 5360. The largest absolute Gasteiger partial charge is 2.00 e. The summed E-state index contributed by atoms with van der Waals surface area (Å²) in [6.07, 6.45) is 2.21. The van der Waals surface area contributed by atoms with Gasteiger partial charge in [-0.2, -0.15) is 89.6 Å². The summed E-state index contributed by atoms with van der Waals surface area (Å²) in [6.45, 7) is 33.5. The number of thioether (sulfide) groups is 1. The predicted molar refractivity (Wildman–Crippen MR) is 441 cm³/mol. The van der Waals surface area contributed by atoms with E-state index in [1.165, 1.54) is 105 Å². The fraction of sp³-hybridized carbons (Fsp3) is 0.0957. The van der Waals surface area contributed by atoms with Gasteiger partial charge in [0.1, 0.15) is 22.5 Å². The molecule has 1 aliphatic rings. The molecule has 15 aromatic rings. The van der Waals surface area contributed by atoms with E-state index in [-0.39, 0.29) is 77.9 Å². The van der Waals surface area contributed by atoms with Crippen molar-refractivity contribution >= 4 is 33.9 Å². The van der Waals surface area contributed by atoms with Gasteiger partial charge in [-0.05, 0) is 173 Å². The van der Waals surface area contributed by atoms with Crippen molar-refractivity contribution in [3.63, 3.8) is 0 Å². The smallest absolute Gasteiger partial charge is 0.542 e. The minimum Gasteiger partial charge on any atom is -0.542 e. The molecule has 16 rings (SSSR count). The number of rotatable bonds is 12. The van der Waals surface area contributed by atoms with Gasteiger partial charge in [0.05, 0.1) is 0 Å². The van der Waals surface area contributed by atoms with Crippen LogP contribution in [0.25, 0.3) is 117 Å². The van der Waals surface area contributed by atoms with Crippen LogP contribution in [0.3, 0.4) is 0 Å². The molecule has 0 unspecified atom stereocenters. The molecular formula is C94H81N8ORh4S2-3. The molecule has 4 heterocycles. The molecular weight excluding hydrogens is 1730 g/mol. The Morgan fingerprint density at radius 1 is 0.358 bits per heavy atom. The second-order valence-electron chi connectivity index (χ2n) is 26.4. The summed E-state index contributed by atoms with van der Waals surface area (Å²) in [5.41, 5.74) is 31.9. The van der Waals surface area contributed by atoms with Gasteiger partial charge in [0.25, 0.3) is 5.89 Å². The quantitative estimate of drug-likeness (QED) is 0.0875. The van der Waals surface area contributed by atoms with Gasteiger partial charge >= 0.3 is 19.5 Å². The first-order valence-electron chi connectivity index (χ1n) is 34.9. The van der Waals surface area contributed by atoms with E-state index in [1.807, 2.05) is 115 Å². The molecule has 9 nitrogen and oxygen atoms in total. The zero-order chi connectivity index (χ0) is 73.3. The summed E-state index contributed by atoms with van der Waals surface area (Å²) in [5.74, 6) is 5.60. The first-order chi connectivity index (χ1) is 50.9. The molecule has 0 saturated heterocycles. The molecule has 554 valence electrons. The van der Waals surface area contributed by atoms with Gasteiger partial charge in [0.2, 0.25) is 0 Å². The molecule has 0 saturated carbocycles. The van der Waals surface area contributed by atoms with Crippen molar-refractivity contribution in [2.75, 3.05) is 4.90 Å². The predicted octanol–water partition coefficient (Wildman–Crippen LogP) is 24.6. The van der Waals surface area contributed by atoms with Crippen molar-refractivity contribution in [3.8, 4) is 112 Å². The average Bonchev–Trinajstić information content (AvgIpc) is 1.63. The minimum absolute atomic E-state index is 0. The molecule has 0 fully saturated rings. The van der Waals surface area contributed by atoms with Crippen LogP contribution in [0.5, 0.6) is 0 Å². The third-order valence-electron chi connectivity index (χ3n) is 18.7. The van der Waals surface area contributed by atoms with Crippen LogP contribution in [0.4, 0.5) is 5.69 Å². The van der Waals surface area contributed by atoms with Gasteiger partial charge in [0, 0.05) is 82.2 Å². The summed E-state index contributed by atoms with van der Waals surface area (Å²) in [7, 11) is 1.95. The van der Waals surface area contributed by atoms with Crippen LogP contribution < -0.4 is 4.90 Å². The zero-order valence-corrected chi connectivity index (χ0v) is 70.2. The molecule has 0 aliphatic carbocycles. The van der Waals surface area contributed by atoms with E-state index in [0.717, 1.165) is 83.5 Å². The number of aryl methyl sites for hydroxylation is 9. The van der Waals surface area contributed by atoms with E-state index in [2.05, 4.69) is 283 Å². The number of hydrogen-bond acceptors (Lipinski definition) is 10. The van der Waals surface area contributed by atoms with Crippen molar-refractivity contribution in [1.29, 1.82) is 0 Å². The van der Waals surface area contributed by atoms with Crippen molar-refractivity contribution in [3.05, 3.63) is 379 Å². The van der Waals surface area contributed by atoms with Crippen LogP contribution in [-0.4, -0.2) is 34.3 Å². The average molecular weight is 1810 g/mol. The van der Waals surface area contributed by atoms with E-state index >= 15 is 0 Å². The fourth-order valence-corrected chi connectivity index (χ4v) is 15.4. The molecule has 3 aromatic heterocycles. The second-order valence-corrected chi connectivity index (χ2v) is 28.0. The van der Waals surface area contributed by atoms with Gasteiger partial charge in [-0.1, -0.05) is 228 Å². The molecule has 0 atom stereocenters. The first kappa shape index (κ1) is 83.4. The van der Waals surface area contributed by atoms with Gasteiger partial charge in [-0.15, -0.1) is 42.5 Å². The first-order valence-corrected chi connectivity index (χ1v) is 36.5. The second kappa shape index (κ2) is 38.1. The van der Waals surface area contributed by atoms with Crippen LogP contribution in [0, 0.1) is 89.0 Å². The maximum Gasteiger partial charge on any atom is 2.00 e. The summed E-state index contributed by atoms with van der Waals surface area (Å²) < 4.78 is 12.0. The SMILES string of the molecule is [CH2-]c1ccccc1-c1nc(-c2c(C)cc(-c3ccccc3)cc2C)n(C)n1.[CH2-]c1ccccc1-c1noc(-c2c(C)cc(-c3ccccc3)cc2C)n1.[CH2-]c1ccccc1-c1nsc(-c2c(C)cc(-c3ccccc3)cc2C)n1.[CH2-]c1ccccc1N1C=C(c2c(C)cc(-c3ccccc3)cc2C)S[CH-]1.[Rh+2].[Rh].[Rh].[Rh]. The van der Waals surface area contributed by atoms with Crippen molar-refractivity contribution in [2.45, 2.75) is 55.4 Å². The molecule has 12 aromatic carbocycles. The summed E-state index contributed by atoms with van der Waals surface area (Å²) in [4.78, 5) is 17.7. The number of para-hydroxylation sites is 1. The van der Waals surface area contributed by atoms with Gasteiger partial charge < -0.3 is 9.42 Å². The number of aromatic nitrogens is 7. The molecule has 1 aliphatic heterocycles. The molecule has 0 amide bonds. The maximum absolute atomic E-state index is 5.58. The maximum atomic E-state index is 5.58. The van der Waals surface area contributed by atoms with Crippen LogP contribution >= 0.6 is 23.3 Å². The standard InChI is InChI=1S/C24H22N3.C24H21NS.C23H19N2O.C23H19N2S.4Rh/c1-16-10-8-9-13-21(16)23-25-24(27(4)26-23)22-17(2)14-20(15-18(22)3)19-11-6-5-7-12-19;1-17-9-7-8-12-22(17)25-15-23(26-16-25)24-18(2)13-21(14-19(24)3)20-10-5-4-6-11-20;2*1-15-9-7-8-12-20(15)22-24-23(26-25-22)21-16(2)13-19(14-17(21)3)18-10-5-4-6-11-18;;;;/h5-15H,1H2,2-4H3;4-16H,1H2,2-3H3;2*4-14H,1H2,2-3H3;;;;/q-1;-2;2*-1;;;;+2. The molecule has 109 heavy (non-hydrogen) atoms. The van der Waals surface area contributed by atoms with Crippen LogP contribution in [-0.2, 0) is 85.0 Å². The summed E-state index contributed by atoms with van der Waals surface area (Å²) >= 11 is 3.22. The molecule has 0 N–H and O–H groups in total. The third kappa shape index (κ3) is 19.3. The molecule has 4 radical (unpaired) electrons. The van der Waals surface area contributed by atoms with Gasteiger partial charge in [-0.25, -0.2) is 19.6 Å². The van der Waals surface area contributed by atoms with Crippen LogP contribution in [0.15, 0.2) is 278 Å².